The van der Waals surface area contributed by atoms with E-state index < -0.39 is 0 Å². The Morgan fingerprint density at radius 1 is 0.818 bits per heavy atom. The van der Waals surface area contributed by atoms with E-state index >= 15 is 0 Å². The van der Waals surface area contributed by atoms with Crippen molar-refractivity contribution < 1.29 is 19.1 Å². The number of hydrogen-bond acceptors (Lipinski definition) is 4. The van der Waals surface area contributed by atoms with Crippen molar-refractivity contribution in [1.82, 2.24) is 0 Å². The molecule has 0 atom stereocenters. The SMILES string of the molecule is COCC(=O)Nc1cccc2c(NC(=O)COC)cccc12. The summed E-state index contributed by atoms with van der Waals surface area (Å²) in [6.07, 6.45) is 0. The lowest BCUT2D eigenvalue weighted by atomic mass is 10.1. The average molecular weight is 302 g/mol. The van der Waals surface area contributed by atoms with Gasteiger partial charge in [-0.3, -0.25) is 9.59 Å². The molecule has 0 saturated heterocycles. The number of carbonyl (C=O) groups is 2. The van der Waals surface area contributed by atoms with E-state index in [9.17, 15) is 9.59 Å². The number of fused-ring (bicyclic) bond motifs is 1. The maximum atomic E-state index is 11.7. The van der Waals surface area contributed by atoms with Crippen LogP contribution in [0.4, 0.5) is 11.4 Å². The minimum absolute atomic E-state index is 0.0132. The lowest BCUT2D eigenvalue weighted by molar-refractivity contribution is -0.120. The molecule has 2 amide bonds. The third kappa shape index (κ3) is 3.81. The average Bonchev–Trinajstić information content (AvgIpc) is 2.48. The first-order valence-corrected chi connectivity index (χ1v) is 6.75. The molecular formula is C16H18N2O4. The monoisotopic (exact) mass is 302 g/mol. The molecule has 6 nitrogen and oxygen atoms in total. The molecule has 22 heavy (non-hydrogen) atoms. The summed E-state index contributed by atoms with van der Waals surface area (Å²) in [4.78, 5) is 23.4. The van der Waals surface area contributed by atoms with E-state index in [1.165, 1.54) is 14.2 Å². The van der Waals surface area contributed by atoms with Gasteiger partial charge in [-0.2, -0.15) is 0 Å². The Labute approximate surface area is 128 Å². The molecule has 2 rings (SSSR count). The predicted molar refractivity (Wildman–Crippen MR) is 85.0 cm³/mol. The molecule has 0 aliphatic carbocycles. The molecule has 0 aromatic heterocycles. The zero-order chi connectivity index (χ0) is 15.9. The van der Waals surface area contributed by atoms with Crippen LogP contribution in [-0.4, -0.2) is 39.2 Å². The summed E-state index contributed by atoms with van der Waals surface area (Å²) in [5.41, 5.74) is 1.34. The van der Waals surface area contributed by atoms with Crippen LogP contribution in [0.15, 0.2) is 36.4 Å². The van der Waals surface area contributed by atoms with E-state index in [1.807, 2.05) is 24.3 Å². The second-order valence-electron chi connectivity index (χ2n) is 4.67. The number of rotatable bonds is 6. The normalized spacial score (nSPS) is 10.5. The molecule has 0 radical (unpaired) electrons. The van der Waals surface area contributed by atoms with E-state index in [0.717, 1.165) is 10.8 Å². The summed E-state index contributed by atoms with van der Waals surface area (Å²) in [6, 6.07) is 11.0. The number of methoxy groups -OCH3 is 2. The van der Waals surface area contributed by atoms with Gasteiger partial charge in [0.2, 0.25) is 11.8 Å². The number of nitrogens with one attached hydrogen (secondary N) is 2. The van der Waals surface area contributed by atoms with Gasteiger partial charge in [0, 0.05) is 36.4 Å². The van der Waals surface area contributed by atoms with E-state index in [-0.39, 0.29) is 25.0 Å². The lowest BCUT2D eigenvalue weighted by Gasteiger charge is -2.12. The minimum atomic E-state index is -0.233. The van der Waals surface area contributed by atoms with Crippen molar-refractivity contribution in [3.05, 3.63) is 36.4 Å². The Morgan fingerprint density at radius 3 is 1.59 bits per heavy atom. The fourth-order valence-corrected chi connectivity index (χ4v) is 2.16. The summed E-state index contributed by atoms with van der Waals surface area (Å²) in [6.45, 7) is -0.0265. The molecule has 116 valence electrons. The van der Waals surface area contributed by atoms with Gasteiger partial charge in [-0.05, 0) is 12.1 Å². The number of benzene rings is 2. The Kier molecular flexibility index (Phi) is 5.46. The van der Waals surface area contributed by atoms with Crippen LogP contribution in [0, 0.1) is 0 Å². The van der Waals surface area contributed by atoms with Gasteiger partial charge in [-0.25, -0.2) is 0 Å². The van der Waals surface area contributed by atoms with Crippen molar-refractivity contribution in [2.45, 2.75) is 0 Å². The molecule has 0 spiro atoms. The van der Waals surface area contributed by atoms with Gasteiger partial charge >= 0.3 is 0 Å². The highest BCUT2D eigenvalue weighted by molar-refractivity contribution is 6.09. The lowest BCUT2D eigenvalue weighted by Crippen LogP contribution is -2.18. The molecule has 0 fully saturated rings. The van der Waals surface area contributed by atoms with Crippen molar-refractivity contribution in [3.8, 4) is 0 Å². The second-order valence-corrected chi connectivity index (χ2v) is 4.67. The summed E-state index contributed by atoms with van der Waals surface area (Å²) < 4.78 is 9.62. The zero-order valence-corrected chi connectivity index (χ0v) is 12.5. The van der Waals surface area contributed by atoms with Gasteiger partial charge in [0.1, 0.15) is 13.2 Å². The van der Waals surface area contributed by atoms with Gasteiger partial charge in [0.25, 0.3) is 0 Å². The van der Waals surface area contributed by atoms with Crippen LogP contribution in [0.2, 0.25) is 0 Å². The molecule has 2 N–H and O–H groups in total. The summed E-state index contributed by atoms with van der Waals surface area (Å²) in [5.74, 6) is -0.465. The van der Waals surface area contributed by atoms with Crippen LogP contribution >= 0.6 is 0 Å². The number of ether oxygens (including phenoxy) is 2. The van der Waals surface area contributed by atoms with Crippen molar-refractivity contribution in [2.24, 2.45) is 0 Å². The number of anilines is 2. The molecule has 0 aliphatic rings. The van der Waals surface area contributed by atoms with E-state index in [1.54, 1.807) is 12.1 Å². The number of hydrogen-bond donors (Lipinski definition) is 2. The van der Waals surface area contributed by atoms with Crippen LogP contribution in [0.3, 0.4) is 0 Å². The van der Waals surface area contributed by atoms with Gasteiger partial charge in [0.05, 0.1) is 0 Å². The standard InChI is InChI=1S/C16H18N2O4/c1-21-9-15(19)17-13-7-3-6-12-11(13)5-4-8-14(12)18-16(20)10-22-2/h3-8H,9-10H2,1-2H3,(H,17,19)(H,18,20). The van der Waals surface area contributed by atoms with E-state index in [4.69, 9.17) is 9.47 Å². The molecule has 0 heterocycles. The molecule has 2 aromatic rings. The number of amides is 2. The van der Waals surface area contributed by atoms with Gasteiger partial charge in [-0.1, -0.05) is 24.3 Å². The predicted octanol–water partition coefficient (Wildman–Crippen LogP) is 2.01. The van der Waals surface area contributed by atoms with Crippen molar-refractivity contribution in [3.63, 3.8) is 0 Å². The zero-order valence-electron chi connectivity index (χ0n) is 12.5. The van der Waals surface area contributed by atoms with Gasteiger partial charge in [0.15, 0.2) is 0 Å². The summed E-state index contributed by atoms with van der Waals surface area (Å²) >= 11 is 0. The molecule has 0 aliphatic heterocycles. The number of carbonyl (C=O) groups excluding carboxylic acids is 2. The van der Waals surface area contributed by atoms with Crippen LogP contribution in [-0.2, 0) is 19.1 Å². The summed E-state index contributed by atoms with van der Waals surface area (Å²) in [7, 11) is 2.93. The molecular weight excluding hydrogens is 284 g/mol. The highest BCUT2D eigenvalue weighted by Crippen LogP contribution is 2.29. The highest BCUT2D eigenvalue weighted by Gasteiger charge is 2.09. The first kappa shape index (κ1) is 15.9. The van der Waals surface area contributed by atoms with Crippen LogP contribution in [0.1, 0.15) is 0 Å². The highest BCUT2D eigenvalue weighted by atomic mass is 16.5. The smallest absolute Gasteiger partial charge is 0.250 e. The van der Waals surface area contributed by atoms with Crippen molar-refractivity contribution >= 4 is 34.0 Å². The van der Waals surface area contributed by atoms with Crippen molar-refractivity contribution in [2.75, 3.05) is 38.1 Å². The van der Waals surface area contributed by atoms with E-state index in [0.29, 0.717) is 11.4 Å². The first-order chi connectivity index (χ1) is 10.7. The summed E-state index contributed by atoms with van der Waals surface area (Å²) in [5, 5.41) is 7.25. The maximum absolute atomic E-state index is 11.7. The van der Waals surface area contributed by atoms with Gasteiger partial charge in [-0.15, -0.1) is 0 Å². The second kappa shape index (κ2) is 7.53. The quantitative estimate of drug-likeness (QED) is 0.856. The Morgan fingerprint density at radius 2 is 1.23 bits per heavy atom. The van der Waals surface area contributed by atoms with Crippen molar-refractivity contribution in [1.29, 1.82) is 0 Å². The Bertz CT molecular complexity index is 626. The van der Waals surface area contributed by atoms with Crippen LogP contribution in [0.25, 0.3) is 10.8 Å². The topological polar surface area (TPSA) is 76.7 Å². The van der Waals surface area contributed by atoms with Gasteiger partial charge < -0.3 is 20.1 Å². The Balaban J connectivity index is 2.33. The third-order valence-electron chi connectivity index (χ3n) is 3.02. The molecule has 0 unspecified atom stereocenters. The fourth-order valence-electron chi connectivity index (χ4n) is 2.16. The maximum Gasteiger partial charge on any atom is 0.250 e. The largest absolute Gasteiger partial charge is 0.375 e. The molecule has 2 aromatic carbocycles. The van der Waals surface area contributed by atoms with E-state index in [2.05, 4.69) is 10.6 Å². The molecule has 6 heteroatoms. The minimum Gasteiger partial charge on any atom is -0.375 e. The Hall–Kier alpha value is -2.44. The first-order valence-electron chi connectivity index (χ1n) is 6.75. The van der Waals surface area contributed by atoms with Crippen LogP contribution in [0.5, 0.6) is 0 Å². The third-order valence-corrected chi connectivity index (χ3v) is 3.02. The van der Waals surface area contributed by atoms with Crippen LogP contribution < -0.4 is 10.6 Å². The fraction of sp³-hybridized carbons (Fsp3) is 0.250. The molecule has 0 bridgehead atoms. The molecule has 0 saturated carbocycles.